The Labute approximate surface area is 144 Å². The fourth-order valence-electron chi connectivity index (χ4n) is 1.88. The smallest absolute Gasteiger partial charge is 0.340 e. The second-order valence-electron chi connectivity index (χ2n) is 4.63. The molecule has 0 N–H and O–H groups in total. The number of halogens is 2. The number of carbonyl (C=O) groups is 1. The highest BCUT2D eigenvalue weighted by Gasteiger charge is 2.15. The maximum absolute atomic E-state index is 12.1. The van der Waals surface area contributed by atoms with Crippen LogP contribution in [0.1, 0.15) is 21.1 Å². The van der Waals surface area contributed by atoms with Gasteiger partial charge in [0.1, 0.15) is 6.61 Å². The number of hydrogen-bond donors (Lipinski definition) is 0. The quantitative estimate of drug-likeness (QED) is 0.663. The molecular formula is C14H9Cl2N3O3S. The second-order valence-corrected chi connectivity index (χ2v) is 6.51. The lowest BCUT2D eigenvalue weighted by Crippen LogP contribution is -2.14. The van der Waals surface area contributed by atoms with Crippen molar-refractivity contribution in [2.45, 2.75) is 13.5 Å². The van der Waals surface area contributed by atoms with Gasteiger partial charge in [-0.2, -0.15) is 9.61 Å². The minimum Gasteiger partial charge on any atom is -0.455 e. The topological polar surface area (TPSA) is 73.6 Å². The number of fused-ring (bicyclic) bond motifs is 1. The molecule has 23 heavy (non-hydrogen) atoms. The summed E-state index contributed by atoms with van der Waals surface area (Å²) >= 11 is 13.0. The van der Waals surface area contributed by atoms with E-state index >= 15 is 0 Å². The van der Waals surface area contributed by atoms with Crippen molar-refractivity contribution in [3.63, 3.8) is 0 Å². The van der Waals surface area contributed by atoms with Gasteiger partial charge < -0.3 is 4.74 Å². The molecule has 0 saturated carbocycles. The fraction of sp³-hybridized carbons (Fsp3) is 0.143. The normalized spacial score (nSPS) is 10.9. The van der Waals surface area contributed by atoms with Gasteiger partial charge in [-0.05, 0) is 25.1 Å². The molecule has 3 rings (SSSR count). The zero-order valence-corrected chi connectivity index (χ0v) is 14.1. The average Bonchev–Trinajstić information content (AvgIpc) is 2.90. The number of esters is 1. The van der Waals surface area contributed by atoms with Gasteiger partial charge in [0.05, 0.1) is 10.6 Å². The van der Waals surface area contributed by atoms with Gasteiger partial charge >= 0.3 is 5.97 Å². The first-order valence-corrected chi connectivity index (χ1v) is 8.00. The number of carbonyl (C=O) groups excluding carboxylic acids is 1. The standard InChI is InChI=1S/C14H9Cl2N3O3S/c1-7-4-12(20)19-14(17-7)23-11(18-19)6-22-13(21)9-5-8(15)2-3-10(9)16/h2-5H,6H2,1H3. The van der Waals surface area contributed by atoms with E-state index < -0.39 is 5.97 Å². The van der Waals surface area contributed by atoms with Crippen LogP contribution >= 0.6 is 34.5 Å². The van der Waals surface area contributed by atoms with Gasteiger partial charge in [0.15, 0.2) is 5.01 Å². The summed E-state index contributed by atoms with van der Waals surface area (Å²) in [6, 6.07) is 5.91. The van der Waals surface area contributed by atoms with E-state index in [9.17, 15) is 9.59 Å². The van der Waals surface area contributed by atoms with Gasteiger partial charge in [0.2, 0.25) is 4.96 Å². The van der Waals surface area contributed by atoms with Crippen molar-refractivity contribution in [3.05, 3.63) is 60.9 Å². The van der Waals surface area contributed by atoms with E-state index in [4.69, 9.17) is 27.9 Å². The number of rotatable bonds is 3. The third kappa shape index (κ3) is 3.36. The molecule has 0 fully saturated rings. The maximum atomic E-state index is 12.1. The summed E-state index contributed by atoms with van der Waals surface area (Å²) in [7, 11) is 0. The van der Waals surface area contributed by atoms with Gasteiger partial charge in [-0.3, -0.25) is 4.79 Å². The highest BCUT2D eigenvalue weighted by Crippen LogP contribution is 2.22. The number of hydrogen-bond acceptors (Lipinski definition) is 6. The van der Waals surface area contributed by atoms with Crippen molar-refractivity contribution in [2.24, 2.45) is 0 Å². The molecule has 0 aliphatic heterocycles. The first kappa shape index (κ1) is 15.9. The van der Waals surface area contributed by atoms with Crippen LogP contribution in [0.25, 0.3) is 4.96 Å². The highest BCUT2D eigenvalue weighted by atomic mass is 35.5. The Morgan fingerprint density at radius 3 is 2.91 bits per heavy atom. The Kier molecular flexibility index (Phi) is 4.34. The summed E-state index contributed by atoms with van der Waals surface area (Å²) in [5, 5.41) is 5.16. The second kappa shape index (κ2) is 6.27. The molecule has 0 spiro atoms. The Bertz CT molecular complexity index is 968. The number of nitrogens with zero attached hydrogens (tertiary/aromatic N) is 3. The summed E-state index contributed by atoms with van der Waals surface area (Å²) in [6.45, 7) is 1.64. The van der Waals surface area contributed by atoms with Gasteiger partial charge in [-0.25, -0.2) is 9.78 Å². The minimum atomic E-state index is -0.617. The molecule has 6 nitrogen and oxygen atoms in total. The molecule has 0 aliphatic carbocycles. The summed E-state index contributed by atoms with van der Waals surface area (Å²) in [4.78, 5) is 28.5. The van der Waals surface area contributed by atoms with Crippen LogP contribution in [0.4, 0.5) is 0 Å². The van der Waals surface area contributed by atoms with Crippen molar-refractivity contribution in [3.8, 4) is 0 Å². The largest absolute Gasteiger partial charge is 0.455 e. The van der Waals surface area contributed by atoms with E-state index in [1.54, 1.807) is 13.0 Å². The minimum absolute atomic E-state index is 0.0891. The lowest BCUT2D eigenvalue weighted by molar-refractivity contribution is 0.0471. The molecule has 0 amide bonds. The third-order valence-corrected chi connectivity index (χ3v) is 4.34. The first-order chi connectivity index (χ1) is 10.9. The van der Waals surface area contributed by atoms with Crippen molar-refractivity contribution >= 4 is 45.5 Å². The molecule has 118 valence electrons. The molecule has 0 bridgehead atoms. The Morgan fingerprint density at radius 2 is 2.13 bits per heavy atom. The van der Waals surface area contributed by atoms with Crippen molar-refractivity contribution in [2.75, 3.05) is 0 Å². The van der Waals surface area contributed by atoms with E-state index in [0.29, 0.717) is 20.7 Å². The van der Waals surface area contributed by atoms with Gasteiger partial charge in [0.25, 0.3) is 5.56 Å². The predicted molar refractivity (Wildman–Crippen MR) is 87.5 cm³/mol. The molecule has 1 aromatic carbocycles. The molecule has 2 aromatic heterocycles. The zero-order chi connectivity index (χ0) is 16.6. The summed E-state index contributed by atoms with van der Waals surface area (Å²) in [5.74, 6) is -0.617. The van der Waals surface area contributed by atoms with Crippen LogP contribution in [0.3, 0.4) is 0 Å². The van der Waals surface area contributed by atoms with Crippen LogP contribution in [0.5, 0.6) is 0 Å². The van der Waals surface area contributed by atoms with Crippen LogP contribution < -0.4 is 5.56 Å². The van der Waals surface area contributed by atoms with Gasteiger partial charge in [-0.15, -0.1) is 0 Å². The Balaban J connectivity index is 1.80. The van der Waals surface area contributed by atoms with E-state index in [1.807, 2.05) is 0 Å². The SMILES string of the molecule is Cc1cc(=O)n2nc(COC(=O)c3cc(Cl)ccc3Cl)sc2n1. The molecule has 3 aromatic rings. The monoisotopic (exact) mass is 369 g/mol. The summed E-state index contributed by atoms with van der Waals surface area (Å²) < 4.78 is 6.35. The number of aromatic nitrogens is 3. The maximum Gasteiger partial charge on any atom is 0.340 e. The first-order valence-electron chi connectivity index (χ1n) is 6.42. The summed E-state index contributed by atoms with van der Waals surface area (Å²) in [6.07, 6.45) is 0. The lowest BCUT2D eigenvalue weighted by Gasteiger charge is -2.04. The molecule has 0 aliphatic rings. The van der Waals surface area contributed by atoms with Crippen LogP contribution in [-0.4, -0.2) is 20.6 Å². The molecular weight excluding hydrogens is 361 g/mol. The molecule has 0 saturated heterocycles. The van der Waals surface area contributed by atoms with Crippen molar-refractivity contribution in [1.29, 1.82) is 0 Å². The van der Waals surface area contributed by atoms with Gasteiger partial charge in [-0.1, -0.05) is 34.5 Å². The van der Waals surface area contributed by atoms with Gasteiger partial charge in [0, 0.05) is 16.8 Å². The molecule has 0 unspecified atom stereocenters. The van der Waals surface area contributed by atoms with E-state index in [0.717, 1.165) is 0 Å². The Hall–Kier alpha value is -1.96. The molecule has 0 radical (unpaired) electrons. The van der Waals surface area contributed by atoms with E-state index in [-0.39, 0.29) is 22.8 Å². The highest BCUT2D eigenvalue weighted by molar-refractivity contribution is 7.16. The van der Waals surface area contributed by atoms with Crippen molar-refractivity contribution in [1.82, 2.24) is 14.6 Å². The third-order valence-electron chi connectivity index (χ3n) is 2.89. The molecule has 0 atom stereocenters. The number of ether oxygens (including phenoxy) is 1. The number of aryl methyl sites for hydroxylation is 1. The number of benzene rings is 1. The van der Waals surface area contributed by atoms with E-state index in [2.05, 4.69) is 10.1 Å². The van der Waals surface area contributed by atoms with E-state index in [1.165, 1.54) is 34.1 Å². The zero-order valence-electron chi connectivity index (χ0n) is 11.7. The summed E-state index contributed by atoms with van der Waals surface area (Å²) in [5.41, 5.74) is 0.499. The van der Waals surface area contributed by atoms with Crippen LogP contribution in [0, 0.1) is 6.92 Å². The van der Waals surface area contributed by atoms with Crippen LogP contribution in [-0.2, 0) is 11.3 Å². The predicted octanol–water partition coefficient (Wildman–Crippen LogP) is 3.12. The van der Waals surface area contributed by atoms with Crippen molar-refractivity contribution < 1.29 is 9.53 Å². The Morgan fingerprint density at radius 1 is 1.35 bits per heavy atom. The van der Waals surface area contributed by atoms with Crippen LogP contribution in [0.2, 0.25) is 10.0 Å². The molecule has 9 heteroatoms. The molecule has 2 heterocycles. The fourth-order valence-corrected chi connectivity index (χ4v) is 3.10. The van der Waals surface area contributed by atoms with Crippen LogP contribution in [0.15, 0.2) is 29.1 Å². The average molecular weight is 370 g/mol. The lowest BCUT2D eigenvalue weighted by atomic mass is 10.2.